The minimum absolute atomic E-state index is 0.204. The fourth-order valence-corrected chi connectivity index (χ4v) is 3.75. The van der Waals surface area contributed by atoms with Gasteiger partial charge in [0.1, 0.15) is 5.69 Å². The van der Waals surface area contributed by atoms with Gasteiger partial charge in [0.2, 0.25) is 0 Å². The fraction of sp³-hybridized carbons (Fsp3) is 0.105. The van der Waals surface area contributed by atoms with E-state index >= 15 is 0 Å². The van der Waals surface area contributed by atoms with E-state index in [-0.39, 0.29) is 5.91 Å². The van der Waals surface area contributed by atoms with Gasteiger partial charge in [-0.25, -0.2) is 0 Å². The number of anilines is 1. The summed E-state index contributed by atoms with van der Waals surface area (Å²) in [5.74, 6) is 0.311. The molecule has 0 saturated heterocycles. The van der Waals surface area contributed by atoms with Crippen molar-refractivity contribution in [2.24, 2.45) is 7.05 Å². The molecule has 0 atom stereocenters. The third kappa shape index (κ3) is 3.01. The number of fused-ring (bicyclic) bond motifs is 1. The highest BCUT2D eigenvalue weighted by atomic mass is 79.9. The van der Waals surface area contributed by atoms with Crippen LogP contribution in [0.25, 0.3) is 10.9 Å². The van der Waals surface area contributed by atoms with Gasteiger partial charge in [0.05, 0.1) is 11.0 Å². The fourth-order valence-electron chi connectivity index (χ4n) is 2.97. The molecule has 4 rings (SSSR count). The van der Waals surface area contributed by atoms with Crippen molar-refractivity contribution in [3.8, 4) is 0 Å². The average Bonchev–Trinajstić information content (AvgIpc) is 3.19. The summed E-state index contributed by atoms with van der Waals surface area (Å²) >= 11 is 3.55. The molecule has 3 aromatic heterocycles. The molecule has 0 spiro atoms. The second-order valence-electron chi connectivity index (χ2n) is 5.95. The van der Waals surface area contributed by atoms with Gasteiger partial charge in [-0.3, -0.25) is 14.5 Å². The number of hydrogen-bond donors (Lipinski definition) is 1. The number of aryl methyl sites for hydroxylation is 1. The first-order valence-electron chi connectivity index (χ1n) is 8.10. The number of para-hydroxylation sites is 1. The van der Waals surface area contributed by atoms with Crippen molar-refractivity contribution in [2.45, 2.75) is 6.54 Å². The Balaban J connectivity index is 1.56. The Labute approximate surface area is 158 Å². The highest BCUT2D eigenvalue weighted by Gasteiger charge is 2.20. The molecule has 3 heterocycles. The van der Waals surface area contributed by atoms with Crippen molar-refractivity contribution >= 4 is 38.6 Å². The minimum Gasteiger partial charge on any atom is -0.339 e. The molecule has 1 amide bonds. The van der Waals surface area contributed by atoms with Crippen molar-refractivity contribution in [1.29, 1.82) is 0 Å². The lowest BCUT2D eigenvalue weighted by Gasteiger charge is -2.05. The number of carbonyl (C=O) groups excluding carboxylic acids is 1. The van der Waals surface area contributed by atoms with Crippen molar-refractivity contribution in [2.75, 3.05) is 5.32 Å². The maximum Gasteiger partial charge on any atom is 0.274 e. The van der Waals surface area contributed by atoms with Gasteiger partial charge in [-0.1, -0.05) is 18.2 Å². The van der Waals surface area contributed by atoms with Crippen molar-refractivity contribution < 1.29 is 4.79 Å². The van der Waals surface area contributed by atoms with Gasteiger partial charge in [0.15, 0.2) is 5.82 Å². The van der Waals surface area contributed by atoms with E-state index in [4.69, 9.17) is 0 Å². The summed E-state index contributed by atoms with van der Waals surface area (Å²) < 4.78 is 4.44. The quantitative estimate of drug-likeness (QED) is 0.556. The lowest BCUT2D eigenvalue weighted by Crippen LogP contribution is -2.16. The Morgan fingerprint density at radius 1 is 1.15 bits per heavy atom. The molecule has 26 heavy (non-hydrogen) atoms. The topological polar surface area (TPSA) is 64.7 Å². The van der Waals surface area contributed by atoms with Crippen LogP contribution in [0.2, 0.25) is 0 Å². The van der Waals surface area contributed by atoms with E-state index in [1.54, 1.807) is 23.1 Å². The van der Waals surface area contributed by atoms with E-state index in [1.165, 1.54) is 0 Å². The highest BCUT2D eigenvalue weighted by molar-refractivity contribution is 9.10. The number of amides is 1. The molecule has 0 saturated carbocycles. The van der Waals surface area contributed by atoms with Crippen molar-refractivity contribution in [1.82, 2.24) is 19.3 Å². The number of rotatable bonds is 4. The van der Waals surface area contributed by atoms with Crippen LogP contribution in [0.5, 0.6) is 0 Å². The summed E-state index contributed by atoms with van der Waals surface area (Å²) in [6, 6.07) is 13.5. The Kier molecular flexibility index (Phi) is 4.30. The van der Waals surface area contributed by atoms with Gasteiger partial charge >= 0.3 is 0 Å². The molecule has 0 aliphatic heterocycles. The summed E-state index contributed by atoms with van der Waals surface area (Å²) in [7, 11) is 1.88. The first-order chi connectivity index (χ1) is 12.6. The SMILES string of the molecule is Cn1c(C(=O)Nc2ccn(Cc3ccncc3)n2)c(Br)c2ccccc21. The second-order valence-corrected chi connectivity index (χ2v) is 6.74. The lowest BCUT2D eigenvalue weighted by atomic mass is 10.2. The summed E-state index contributed by atoms with van der Waals surface area (Å²) in [4.78, 5) is 16.8. The molecule has 130 valence electrons. The van der Waals surface area contributed by atoms with Gasteiger partial charge < -0.3 is 9.88 Å². The molecule has 0 bridgehead atoms. The number of halogens is 1. The van der Waals surface area contributed by atoms with E-state index in [2.05, 4.69) is 31.3 Å². The molecule has 0 radical (unpaired) electrons. The molecular formula is C19H16BrN5O. The molecule has 0 fully saturated rings. The highest BCUT2D eigenvalue weighted by Crippen LogP contribution is 2.30. The maximum atomic E-state index is 12.8. The zero-order chi connectivity index (χ0) is 18.1. The average molecular weight is 410 g/mol. The zero-order valence-electron chi connectivity index (χ0n) is 14.1. The third-order valence-electron chi connectivity index (χ3n) is 4.24. The van der Waals surface area contributed by atoms with Crippen molar-refractivity contribution in [3.05, 3.63) is 76.8 Å². The predicted octanol–water partition coefficient (Wildman–Crippen LogP) is 3.83. The van der Waals surface area contributed by atoms with Crippen molar-refractivity contribution in [3.63, 3.8) is 0 Å². The number of hydrogen-bond acceptors (Lipinski definition) is 3. The van der Waals surface area contributed by atoms with Crippen LogP contribution < -0.4 is 5.32 Å². The zero-order valence-corrected chi connectivity index (χ0v) is 15.6. The van der Waals surface area contributed by atoms with Gasteiger partial charge in [-0.2, -0.15) is 5.10 Å². The number of pyridine rings is 1. The lowest BCUT2D eigenvalue weighted by molar-refractivity contribution is 0.101. The van der Waals surface area contributed by atoms with E-state index in [9.17, 15) is 4.79 Å². The first kappa shape index (κ1) is 16.5. The van der Waals surface area contributed by atoms with E-state index in [0.717, 1.165) is 20.9 Å². The second kappa shape index (κ2) is 6.76. The monoisotopic (exact) mass is 409 g/mol. The third-order valence-corrected chi connectivity index (χ3v) is 5.04. The van der Waals surface area contributed by atoms with Gasteiger partial charge in [-0.15, -0.1) is 0 Å². The number of nitrogens with zero attached hydrogens (tertiary/aromatic N) is 4. The summed E-state index contributed by atoms with van der Waals surface area (Å²) in [6.07, 6.45) is 5.34. The first-order valence-corrected chi connectivity index (χ1v) is 8.89. The number of carbonyl (C=O) groups is 1. The molecule has 0 unspecified atom stereocenters. The minimum atomic E-state index is -0.204. The molecule has 0 aliphatic carbocycles. The van der Waals surface area contributed by atoms with Crippen LogP contribution in [0.3, 0.4) is 0 Å². The Hall–Kier alpha value is -2.93. The summed E-state index contributed by atoms with van der Waals surface area (Å²) in [6.45, 7) is 0.621. The molecular weight excluding hydrogens is 394 g/mol. The Morgan fingerprint density at radius 2 is 1.92 bits per heavy atom. The molecule has 4 aromatic rings. The van der Waals surface area contributed by atoms with E-state index in [1.807, 2.05) is 54.2 Å². The summed E-state index contributed by atoms with van der Waals surface area (Å²) in [5, 5.41) is 8.30. The Morgan fingerprint density at radius 3 is 2.69 bits per heavy atom. The molecule has 7 heteroatoms. The molecule has 6 nitrogen and oxygen atoms in total. The largest absolute Gasteiger partial charge is 0.339 e. The normalized spacial score (nSPS) is 11.0. The predicted molar refractivity (Wildman–Crippen MR) is 104 cm³/mol. The molecule has 1 N–H and O–H groups in total. The van der Waals surface area contributed by atoms with E-state index in [0.29, 0.717) is 18.1 Å². The number of nitrogens with one attached hydrogen (secondary N) is 1. The maximum absolute atomic E-state index is 12.8. The van der Waals surface area contributed by atoms with Crippen LogP contribution >= 0.6 is 15.9 Å². The van der Waals surface area contributed by atoms with Crippen LogP contribution in [-0.2, 0) is 13.6 Å². The van der Waals surface area contributed by atoms with Gasteiger partial charge in [-0.05, 0) is 39.7 Å². The molecule has 0 aliphatic rings. The van der Waals surface area contributed by atoms with Crippen LogP contribution in [0.4, 0.5) is 5.82 Å². The molecule has 1 aromatic carbocycles. The number of aromatic nitrogens is 4. The van der Waals surface area contributed by atoms with Gasteiger partial charge in [0, 0.05) is 42.6 Å². The summed E-state index contributed by atoms with van der Waals surface area (Å²) in [5.41, 5.74) is 2.65. The van der Waals surface area contributed by atoms with Crippen LogP contribution in [0.15, 0.2) is 65.5 Å². The van der Waals surface area contributed by atoms with Crippen LogP contribution in [0, 0.1) is 0 Å². The van der Waals surface area contributed by atoms with Crippen LogP contribution in [-0.4, -0.2) is 25.2 Å². The van der Waals surface area contributed by atoms with E-state index < -0.39 is 0 Å². The Bertz CT molecular complexity index is 1040. The number of benzene rings is 1. The standard InChI is InChI=1S/C19H16BrN5O/c1-24-15-5-3-2-4-14(15)17(20)18(24)19(26)22-16-8-11-25(23-16)12-13-6-9-21-10-7-13/h2-11H,12H2,1H3,(H,22,23,26). The smallest absolute Gasteiger partial charge is 0.274 e. The van der Waals surface area contributed by atoms with Gasteiger partial charge in [0.25, 0.3) is 5.91 Å². The van der Waals surface area contributed by atoms with Crippen LogP contribution in [0.1, 0.15) is 16.1 Å².